The molecule has 0 aliphatic carbocycles. The van der Waals surface area contributed by atoms with Gasteiger partial charge in [0, 0.05) is 0 Å². The molecule has 0 aliphatic heterocycles. The zero-order chi connectivity index (χ0) is 17.5. The molecule has 2 aromatic rings. The molecule has 0 saturated carbocycles. The molecule has 0 heterocycles. The summed E-state index contributed by atoms with van der Waals surface area (Å²) in [5, 5.41) is 9.91. The van der Waals surface area contributed by atoms with Gasteiger partial charge in [0.15, 0.2) is 0 Å². The number of hydrogen-bond acceptors (Lipinski definition) is 2. The van der Waals surface area contributed by atoms with Gasteiger partial charge in [0.1, 0.15) is 12.4 Å². The van der Waals surface area contributed by atoms with Crippen molar-refractivity contribution in [3.63, 3.8) is 0 Å². The summed E-state index contributed by atoms with van der Waals surface area (Å²) in [6, 6.07) is 16.6. The number of rotatable bonds is 8. The zero-order valence-corrected chi connectivity index (χ0v) is 15.0. The summed E-state index contributed by atoms with van der Waals surface area (Å²) < 4.78 is 6.01. The van der Waals surface area contributed by atoms with Crippen molar-refractivity contribution >= 4 is 0 Å². The molecule has 0 spiro atoms. The molecule has 128 valence electrons. The third-order valence-electron chi connectivity index (χ3n) is 4.46. The van der Waals surface area contributed by atoms with Crippen LogP contribution >= 0.6 is 0 Å². The Bertz CT molecular complexity index is 661. The van der Waals surface area contributed by atoms with Gasteiger partial charge in [-0.25, -0.2) is 0 Å². The number of ether oxygens (including phenoxy) is 1. The van der Waals surface area contributed by atoms with Crippen LogP contribution in [-0.4, -0.2) is 11.2 Å². The summed E-state index contributed by atoms with van der Waals surface area (Å²) in [7, 11) is 0. The van der Waals surface area contributed by atoms with Crippen molar-refractivity contribution in [1.82, 2.24) is 0 Å². The van der Waals surface area contributed by atoms with E-state index in [-0.39, 0.29) is 0 Å². The summed E-state index contributed by atoms with van der Waals surface area (Å²) in [6.07, 6.45) is 1.26. The van der Waals surface area contributed by atoms with Crippen molar-refractivity contribution in [3.05, 3.63) is 77.4 Å². The highest BCUT2D eigenvalue weighted by Gasteiger charge is 2.12. The standard InChI is InChI=1S/C22H28O2/c1-16(2)21(23)13-11-17(3)20-12-10-18(4)22(14-20)24-15-19-8-6-5-7-9-19/h5-10,12,14,17,21,23H,1,11,13,15H2,2-4H3/t17-,21+/m1/s1. The normalized spacial score (nSPS) is 13.3. The van der Waals surface area contributed by atoms with E-state index in [0.717, 1.165) is 29.7 Å². The third kappa shape index (κ3) is 5.24. The van der Waals surface area contributed by atoms with Gasteiger partial charge in [0.25, 0.3) is 0 Å². The van der Waals surface area contributed by atoms with E-state index in [0.29, 0.717) is 12.5 Å². The molecule has 2 atom stereocenters. The van der Waals surface area contributed by atoms with Gasteiger partial charge >= 0.3 is 0 Å². The molecule has 1 N–H and O–H groups in total. The van der Waals surface area contributed by atoms with Crippen LogP contribution in [-0.2, 0) is 6.61 Å². The summed E-state index contributed by atoms with van der Waals surface area (Å²) in [5.41, 5.74) is 4.39. The highest BCUT2D eigenvalue weighted by molar-refractivity contribution is 5.38. The van der Waals surface area contributed by atoms with Gasteiger partial charge in [0.05, 0.1) is 6.10 Å². The number of benzene rings is 2. The monoisotopic (exact) mass is 324 g/mol. The Kier molecular flexibility index (Phi) is 6.62. The highest BCUT2D eigenvalue weighted by Crippen LogP contribution is 2.28. The van der Waals surface area contributed by atoms with Crippen molar-refractivity contribution in [2.75, 3.05) is 0 Å². The van der Waals surface area contributed by atoms with E-state index in [2.05, 4.69) is 50.8 Å². The Balaban J connectivity index is 2.00. The molecule has 2 nitrogen and oxygen atoms in total. The van der Waals surface area contributed by atoms with Crippen LogP contribution in [0.3, 0.4) is 0 Å². The minimum atomic E-state index is -0.410. The predicted octanol–water partition coefficient (Wildman–Crippen LogP) is 5.39. The Morgan fingerprint density at radius 2 is 1.83 bits per heavy atom. The van der Waals surface area contributed by atoms with Crippen LogP contribution in [0.5, 0.6) is 5.75 Å². The van der Waals surface area contributed by atoms with Crippen LogP contribution in [0.25, 0.3) is 0 Å². The van der Waals surface area contributed by atoms with Gasteiger partial charge in [-0.1, -0.05) is 61.5 Å². The van der Waals surface area contributed by atoms with Crippen molar-refractivity contribution in [3.8, 4) is 5.75 Å². The predicted molar refractivity (Wildman–Crippen MR) is 100 cm³/mol. The lowest BCUT2D eigenvalue weighted by atomic mass is 9.93. The molecule has 2 aromatic carbocycles. The molecule has 2 rings (SSSR count). The van der Waals surface area contributed by atoms with E-state index in [4.69, 9.17) is 4.74 Å². The molecule has 0 bridgehead atoms. The van der Waals surface area contributed by atoms with Crippen molar-refractivity contribution < 1.29 is 9.84 Å². The second-order valence-corrected chi connectivity index (χ2v) is 6.64. The first kappa shape index (κ1) is 18.3. The molecule has 2 heteroatoms. The Hall–Kier alpha value is -2.06. The number of hydrogen-bond donors (Lipinski definition) is 1. The minimum Gasteiger partial charge on any atom is -0.489 e. The molecule has 0 aromatic heterocycles. The second-order valence-electron chi connectivity index (χ2n) is 6.64. The minimum absolute atomic E-state index is 0.374. The van der Waals surface area contributed by atoms with Gasteiger partial charge in [-0.15, -0.1) is 0 Å². The largest absolute Gasteiger partial charge is 0.489 e. The molecule has 0 aliphatic rings. The summed E-state index contributed by atoms with van der Waals surface area (Å²) in [5.74, 6) is 1.31. The van der Waals surface area contributed by atoms with Crippen LogP contribution in [0.1, 0.15) is 49.3 Å². The Labute approximate surface area is 145 Å². The molecular formula is C22H28O2. The van der Waals surface area contributed by atoms with E-state index in [1.165, 1.54) is 11.1 Å². The van der Waals surface area contributed by atoms with Crippen LogP contribution in [0.2, 0.25) is 0 Å². The Morgan fingerprint density at radius 3 is 2.50 bits per heavy atom. The van der Waals surface area contributed by atoms with Gasteiger partial charge in [-0.3, -0.25) is 0 Å². The number of aliphatic hydroxyl groups is 1. The molecule has 0 fully saturated rings. The first-order valence-electron chi connectivity index (χ1n) is 8.58. The van der Waals surface area contributed by atoms with Crippen LogP contribution in [0.15, 0.2) is 60.7 Å². The van der Waals surface area contributed by atoms with Crippen LogP contribution < -0.4 is 4.74 Å². The zero-order valence-electron chi connectivity index (χ0n) is 15.0. The number of aliphatic hydroxyl groups excluding tert-OH is 1. The SMILES string of the molecule is C=C(C)[C@@H](O)CC[C@@H](C)c1ccc(C)c(OCc2ccccc2)c1. The van der Waals surface area contributed by atoms with Crippen LogP contribution in [0.4, 0.5) is 0 Å². The van der Waals surface area contributed by atoms with Crippen molar-refractivity contribution in [1.29, 1.82) is 0 Å². The van der Waals surface area contributed by atoms with E-state index in [9.17, 15) is 5.11 Å². The van der Waals surface area contributed by atoms with Gasteiger partial charge < -0.3 is 9.84 Å². The first-order valence-corrected chi connectivity index (χ1v) is 8.58. The number of aryl methyl sites for hydroxylation is 1. The highest BCUT2D eigenvalue weighted by atomic mass is 16.5. The summed E-state index contributed by atoms with van der Waals surface area (Å²) >= 11 is 0. The quantitative estimate of drug-likeness (QED) is 0.659. The van der Waals surface area contributed by atoms with Gasteiger partial charge in [-0.05, 0) is 55.4 Å². The average Bonchev–Trinajstić information content (AvgIpc) is 2.59. The maximum Gasteiger partial charge on any atom is 0.123 e. The fourth-order valence-electron chi connectivity index (χ4n) is 2.63. The summed E-state index contributed by atoms with van der Waals surface area (Å²) in [6.45, 7) is 10.5. The smallest absolute Gasteiger partial charge is 0.123 e. The lowest BCUT2D eigenvalue weighted by molar-refractivity contribution is 0.195. The van der Waals surface area contributed by atoms with E-state index >= 15 is 0 Å². The summed E-state index contributed by atoms with van der Waals surface area (Å²) in [4.78, 5) is 0. The molecule has 0 radical (unpaired) electrons. The first-order chi connectivity index (χ1) is 11.5. The maximum atomic E-state index is 9.91. The van der Waals surface area contributed by atoms with Gasteiger partial charge in [0.2, 0.25) is 0 Å². The third-order valence-corrected chi connectivity index (χ3v) is 4.46. The molecule has 0 unspecified atom stereocenters. The van der Waals surface area contributed by atoms with E-state index in [1.807, 2.05) is 25.1 Å². The molecule has 0 amide bonds. The van der Waals surface area contributed by atoms with Crippen LogP contribution in [0, 0.1) is 6.92 Å². The second kappa shape index (κ2) is 8.70. The lowest BCUT2D eigenvalue weighted by Gasteiger charge is -2.17. The Morgan fingerprint density at radius 1 is 1.12 bits per heavy atom. The molecular weight excluding hydrogens is 296 g/mol. The molecule has 0 saturated heterocycles. The topological polar surface area (TPSA) is 29.5 Å². The maximum absolute atomic E-state index is 9.91. The fraction of sp³-hybridized carbons (Fsp3) is 0.364. The van der Waals surface area contributed by atoms with E-state index < -0.39 is 6.10 Å². The van der Waals surface area contributed by atoms with Gasteiger partial charge in [-0.2, -0.15) is 0 Å². The molecule has 24 heavy (non-hydrogen) atoms. The van der Waals surface area contributed by atoms with Crippen molar-refractivity contribution in [2.24, 2.45) is 0 Å². The average molecular weight is 324 g/mol. The lowest BCUT2D eigenvalue weighted by Crippen LogP contribution is -2.09. The van der Waals surface area contributed by atoms with E-state index in [1.54, 1.807) is 0 Å². The van der Waals surface area contributed by atoms with Crippen molar-refractivity contribution in [2.45, 2.75) is 52.2 Å². The fourth-order valence-corrected chi connectivity index (χ4v) is 2.63.